The summed E-state index contributed by atoms with van der Waals surface area (Å²) < 4.78 is 4.52. The summed E-state index contributed by atoms with van der Waals surface area (Å²) in [6.07, 6.45) is 5.30. The fourth-order valence-corrected chi connectivity index (χ4v) is 1.20. The Bertz CT molecular complexity index is 401. The number of aromatic nitrogens is 2. The topological polar surface area (TPSA) is 64.1 Å². The number of nitrogens with one attached hydrogen (secondary N) is 1. The van der Waals surface area contributed by atoms with E-state index >= 15 is 0 Å². The summed E-state index contributed by atoms with van der Waals surface area (Å²) in [5.41, 5.74) is 1.74. The van der Waals surface area contributed by atoms with Gasteiger partial charge in [-0.15, -0.1) is 0 Å². The fraction of sp³-hybridized carbons (Fsp3) is 0.222. The molecular weight excluding hydrogens is 182 g/mol. The van der Waals surface area contributed by atoms with Gasteiger partial charge in [-0.25, -0.2) is 14.8 Å². The molecule has 0 saturated carbocycles. The van der Waals surface area contributed by atoms with E-state index in [4.69, 9.17) is 0 Å². The van der Waals surface area contributed by atoms with Gasteiger partial charge in [0.1, 0.15) is 0 Å². The summed E-state index contributed by atoms with van der Waals surface area (Å²) in [5, 5.41) is 3.00. The average Bonchev–Trinajstić information content (AvgIpc) is 2.27. The third-order valence-corrected chi connectivity index (χ3v) is 1.92. The molecule has 72 valence electrons. The van der Waals surface area contributed by atoms with Crippen LogP contribution in [0, 0.1) is 0 Å². The van der Waals surface area contributed by atoms with E-state index in [-0.39, 0.29) is 5.82 Å². The van der Waals surface area contributed by atoms with Crippen LogP contribution in [0.5, 0.6) is 0 Å². The number of rotatable bonds is 1. The van der Waals surface area contributed by atoms with Crippen LogP contribution in [0.25, 0.3) is 6.08 Å². The van der Waals surface area contributed by atoms with Gasteiger partial charge >= 0.3 is 5.97 Å². The first-order valence-corrected chi connectivity index (χ1v) is 4.15. The van der Waals surface area contributed by atoms with E-state index < -0.39 is 5.97 Å². The molecule has 0 unspecified atom stereocenters. The minimum atomic E-state index is -0.512. The van der Waals surface area contributed by atoms with E-state index in [9.17, 15) is 4.79 Å². The highest BCUT2D eigenvalue weighted by Crippen LogP contribution is 2.11. The second-order valence-electron chi connectivity index (χ2n) is 2.80. The molecule has 0 amide bonds. The summed E-state index contributed by atoms with van der Waals surface area (Å²) in [6, 6.07) is 0. The Morgan fingerprint density at radius 2 is 2.50 bits per heavy atom. The zero-order valence-corrected chi connectivity index (χ0v) is 7.65. The zero-order valence-electron chi connectivity index (χ0n) is 7.65. The SMILES string of the molecule is COC(=O)c1ncc2c(n1)CNC=C2. The number of esters is 1. The highest BCUT2D eigenvalue weighted by molar-refractivity contribution is 5.85. The van der Waals surface area contributed by atoms with Gasteiger partial charge in [0.25, 0.3) is 0 Å². The molecular formula is C9H9N3O2. The molecule has 1 N–H and O–H groups in total. The molecule has 0 radical (unpaired) electrons. The molecule has 5 nitrogen and oxygen atoms in total. The zero-order chi connectivity index (χ0) is 9.97. The average molecular weight is 191 g/mol. The Balaban J connectivity index is 2.39. The number of carbonyl (C=O) groups excluding carboxylic acids is 1. The lowest BCUT2D eigenvalue weighted by molar-refractivity contribution is 0.0586. The molecule has 1 aliphatic heterocycles. The molecule has 1 aliphatic rings. The number of hydrogen-bond acceptors (Lipinski definition) is 5. The van der Waals surface area contributed by atoms with E-state index in [1.165, 1.54) is 7.11 Å². The van der Waals surface area contributed by atoms with E-state index in [0.717, 1.165) is 11.3 Å². The fourth-order valence-electron chi connectivity index (χ4n) is 1.20. The van der Waals surface area contributed by atoms with Crippen molar-refractivity contribution < 1.29 is 9.53 Å². The van der Waals surface area contributed by atoms with Gasteiger partial charge in [0, 0.05) is 11.8 Å². The number of hydrogen-bond donors (Lipinski definition) is 1. The summed E-state index contributed by atoms with van der Waals surface area (Å²) in [7, 11) is 1.31. The van der Waals surface area contributed by atoms with Crippen LogP contribution in [-0.2, 0) is 11.3 Å². The highest BCUT2D eigenvalue weighted by atomic mass is 16.5. The van der Waals surface area contributed by atoms with Crippen LogP contribution in [0.4, 0.5) is 0 Å². The smallest absolute Gasteiger partial charge is 0.376 e. The van der Waals surface area contributed by atoms with Crippen molar-refractivity contribution in [1.29, 1.82) is 0 Å². The normalized spacial score (nSPS) is 12.9. The van der Waals surface area contributed by atoms with Gasteiger partial charge in [-0.2, -0.15) is 0 Å². The van der Waals surface area contributed by atoms with Crippen LogP contribution >= 0.6 is 0 Å². The molecule has 2 heterocycles. The van der Waals surface area contributed by atoms with Crippen molar-refractivity contribution >= 4 is 12.0 Å². The molecule has 0 aliphatic carbocycles. The molecule has 0 atom stereocenters. The van der Waals surface area contributed by atoms with Crippen molar-refractivity contribution in [2.45, 2.75) is 6.54 Å². The van der Waals surface area contributed by atoms with Gasteiger partial charge in [0.15, 0.2) is 0 Å². The molecule has 5 heteroatoms. The molecule has 1 aromatic rings. The van der Waals surface area contributed by atoms with E-state index in [1.54, 1.807) is 6.20 Å². The lowest BCUT2D eigenvalue weighted by atomic mass is 10.2. The van der Waals surface area contributed by atoms with E-state index in [2.05, 4.69) is 20.0 Å². The number of nitrogens with zero attached hydrogens (tertiary/aromatic N) is 2. The van der Waals surface area contributed by atoms with Crippen molar-refractivity contribution in [3.63, 3.8) is 0 Å². The number of fused-ring (bicyclic) bond motifs is 1. The van der Waals surface area contributed by atoms with Crippen molar-refractivity contribution in [3.05, 3.63) is 29.5 Å². The minimum Gasteiger partial charge on any atom is -0.463 e. The first kappa shape index (κ1) is 8.68. The Kier molecular flexibility index (Phi) is 2.14. The van der Waals surface area contributed by atoms with Crippen molar-refractivity contribution in [2.75, 3.05) is 7.11 Å². The molecule has 0 fully saturated rings. The Morgan fingerprint density at radius 3 is 3.29 bits per heavy atom. The lowest BCUT2D eigenvalue weighted by Gasteiger charge is -2.10. The van der Waals surface area contributed by atoms with Gasteiger partial charge in [-0.05, 0) is 12.3 Å². The Hall–Kier alpha value is -1.91. The number of ether oxygens (including phenoxy) is 1. The largest absolute Gasteiger partial charge is 0.463 e. The van der Waals surface area contributed by atoms with Crippen LogP contribution in [0.2, 0.25) is 0 Å². The van der Waals surface area contributed by atoms with Crippen molar-refractivity contribution in [2.24, 2.45) is 0 Å². The molecule has 0 aromatic carbocycles. The Morgan fingerprint density at radius 1 is 1.64 bits per heavy atom. The molecule has 0 saturated heterocycles. The van der Waals surface area contributed by atoms with Crippen molar-refractivity contribution in [3.8, 4) is 0 Å². The molecule has 0 bridgehead atoms. The second kappa shape index (κ2) is 3.45. The monoisotopic (exact) mass is 191 g/mol. The predicted molar refractivity (Wildman–Crippen MR) is 49.2 cm³/mol. The molecule has 14 heavy (non-hydrogen) atoms. The third-order valence-electron chi connectivity index (χ3n) is 1.92. The van der Waals surface area contributed by atoms with Crippen LogP contribution in [0.1, 0.15) is 21.9 Å². The molecule has 2 rings (SSSR count). The van der Waals surface area contributed by atoms with Crippen LogP contribution in [0.15, 0.2) is 12.4 Å². The summed E-state index contributed by atoms with van der Waals surface area (Å²) >= 11 is 0. The van der Waals surface area contributed by atoms with Crippen molar-refractivity contribution in [1.82, 2.24) is 15.3 Å². The maximum absolute atomic E-state index is 11.1. The number of carbonyl (C=O) groups is 1. The van der Waals surface area contributed by atoms with Gasteiger partial charge < -0.3 is 10.1 Å². The minimum absolute atomic E-state index is 0.100. The molecule has 0 spiro atoms. The lowest BCUT2D eigenvalue weighted by Crippen LogP contribution is -2.16. The van der Waals surface area contributed by atoms with Crippen LogP contribution < -0.4 is 5.32 Å². The molecule has 1 aromatic heterocycles. The van der Waals surface area contributed by atoms with E-state index in [1.807, 2.05) is 12.3 Å². The van der Waals surface area contributed by atoms with Gasteiger partial charge in [-0.1, -0.05) is 0 Å². The first-order valence-electron chi connectivity index (χ1n) is 4.15. The highest BCUT2D eigenvalue weighted by Gasteiger charge is 2.13. The summed E-state index contributed by atoms with van der Waals surface area (Å²) in [4.78, 5) is 19.1. The quantitative estimate of drug-likeness (QED) is 0.648. The first-order chi connectivity index (χ1) is 6.81. The second-order valence-corrected chi connectivity index (χ2v) is 2.80. The van der Waals surface area contributed by atoms with Gasteiger partial charge in [-0.3, -0.25) is 0 Å². The predicted octanol–water partition coefficient (Wildman–Crippen LogP) is 0.337. The summed E-state index contributed by atoms with van der Waals surface area (Å²) in [6.45, 7) is 0.609. The van der Waals surface area contributed by atoms with E-state index in [0.29, 0.717) is 6.54 Å². The third kappa shape index (κ3) is 1.44. The number of methoxy groups -OCH3 is 1. The van der Waals surface area contributed by atoms with Crippen LogP contribution in [-0.4, -0.2) is 23.0 Å². The maximum atomic E-state index is 11.1. The van der Waals surface area contributed by atoms with Crippen LogP contribution in [0.3, 0.4) is 0 Å². The Labute approximate surface area is 80.8 Å². The summed E-state index contributed by atoms with van der Waals surface area (Å²) in [5.74, 6) is -0.411. The van der Waals surface area contributed by atoms with Gasteiger partial charge in [0.05, 0.1) is 19.3 Å². The van der Waals surface area contributed by atoms with Gasteiger partial charge in [0.2, 0.25) is 5.82 Å². The standard InChI is InChI=1S/C9H9N3O2/c1-14-9(13)8-11-4-6-2-3-10-5-7(6)12-8/h2-4,10H,5H2,1H3. The maximum Gasteiger partial charge on any atom is 0.376 e.